The number of amides is 1. The predicted octanol–water partition coefficient (Wildman–Crippen LogP) is 3.40. The van der Waals surface area contributed by atoms with Crippen molar-refractivity contribution >= 4 is 35.1 Å². The summed E-state index contributed by atoms with van der Waals surface area (Å²) in [5.74, 6) is -1.01. The van der Waals surface area contributed by atoms with Crippen LogP contribution in [-0.4, -0.2) is 33.0 Å². The first kappa shape index (κ1) is 18.9. The number of nitrogens with one attached hydrogen (secondary N) is 2. The molecule has 0 spiro atoms. The van der Waals surface area contributed by atoms with E-state index < -0.39 is 12.0 Å². The largest absolute Gasteiger partial charge is 0.480 e. The fourth-order valence-corrected chi connectivity index (χ4v) is 3.41. The van der Waals surface area contributed by atoms with E-state index in [0.29, 0.717) is 27.5 Å². The minimum Gasteiger partial charge on any atom is -0.480 e. The van der Waals surface area contributed by atoms with E-state index in [9.17, 15) is 14.7 Å². The number of hydrogen-bond acceptors (Lipinski definition) is 5. The third kappa shape index (κ3) is 4.20. The van der Waals surface area contributed by atoms with E-state index in [1.165, 1.54) is 0 Å². The second-order valence-corrected chi connectivity index (χ2v) is 7.14. The molecule has 0 saturated heterocycles. The van der Waals surface area contributed by atoms with E-state index in [2.05, 4.69) is 20.6 Å². The van der Waals surface area contributed by atoms with Crippen molar-refractivity contribution in [3.8, 4) is 11.3 Å². The van der Waals surface area contributed by atoms with Gasteiger partial charge >= 0.3 is 5.97 Å². The zero-order chi connectivity index (χ0) is 20.4. The lowest BCUT2D eigenvalue weighted by Gasteiger charge is -2.16. The zero-order valence-electron chi connectivity index (χ0n) is 15.2. The molecule has 7 nitrogen and oxygen atoms in total. The van der Waals surface area contributed by atoms with Crippen molar-refractivity contribution in [3.05, 3.63) is 70.9 Å². The number of aliphatic carboxylic acids is 1. The summed E-state index contributed by atoms with van der Waals surface area (Å²) < 4.78 is 0. The summed E-state index contributed by atoms with van der Waals surface area (Å²) in [5.41, 5.74) is 3.37. The predicted molar refractivity (Wildman–Crippen MR) is 110 cm³/mol. The number of rotatable bonds is 5. The Kier molecular flexibility index (Phi) is 5.14. The van der Waals surface area contributed by atoms with E-state index in [1.807, 2.05) is 30.3 Å². The summed E-state index contributed by atoms with van der Waals surface area (Å²) in [6, 6.07) is 13.6. The third-order valence-electron chi connectivity index (χ3n) is 4.61. The van der Waals surface area contributed by atoms with Gasteiger partial charge in [0.25, 0.3) is 0 Å². The maximum absolute atomic E-state index is 12.2. The smallest absolute Gasteiger partial charge is 0.326 e. The fourth-order valence-electron chi connectivity index (χ4n) is 3.24. The van der Waals surface area contributed by atoms with Gasteiger partial charge in [0, 0.05) is 28.8 Å². The molecule has 2 aromatic carbocycles. The van der Waals surface area contributed by atoms with Gasteiger partial charge < -0.3 is 15.7 Å². The number of carbonyl (C=O) groups excluding carboxylic acids is 1. The molecule has 1 amide bonds. The highest BCUT2D eigenvalue weighted by Gasteiger charge is 2.23. The molecule has 0 saturated carbocycles. The fraction of sp³-hybridized carbons (Fsp3) is 0.143. The second kappa shape index (κ2) is 7.89. The van der Waals surface area contributed by atoms with E-state index in [-0.39, 0.29) is 24.7 Å². The molecule has 0 aliphatic carbocycles. The molecule has 0 bridgehead atoms. The van der Waals surface area contributed by atoms with Gasteiger partial charge in [-0.2, -0.15) is 0 Å². The standard InChI is InChI=1S/C21H17ClN4O3/c22-14-6-7-15-16(10-14)24-18(27)9-13-11-23-21(26-19(13)15)25-17(20(28)29)8-12-4-2-1-3-5-12/h1-7,10-11,17H,8-9H2,(H,24,27)(H,28,29)(H,23,25,26)/t17-/m1/s1. The molecule has 1 aromatic heterocycles. The monoisotopic (exact) mass is 408 g/mol. The van der Waals surface area contributed by atoms with Crippen LogP contribution in [0, 0.1) is 0 Å². The normalized spacial score (nSPS) is 13.5. The van der Waals surface area contributed by atoms with E-state index in [0.717, 1.165) is 5.56 Å². The molecule has 0 unspecified atom stereocenters. The minimum absolute atomic E-state index is 0.119. The second-order valence-electron chi connectivity index (χ2n) is 6.71. The molecule has 3 aromatic rings. The number of halogens is 1. The summed E-state index contributed by atoms with van der Waals surface area (Å²) in [7, 11) is 0. The molecular weight excluding hydrogens is 392 g/mol. The number of carboxylic acids is 1. The van der Waals surface area contributed by atoms with Gasteiger partial charge in [0.1, 0.15) is 6.04 Å². The number of carbonyl (C=O) groups is 2. The lowest BCUT2D eigenvalue weighted by Crippen LogP contribution is -2.32. The van der Waals surface area contributed by atoms with Crippen molar-refractivity contribution in [1.82, 2.24) is 9.97 Å². The summed E-state index contributed by atoms with van der Waals surface area (Å²) in [6.07, 6.45) is 1.95. The molecule has 0 radical (unpaired) electrons. The first-order chi connectivity index (χ1) is 14.0. The minimum atomic E-state index is -1.00. The van der Waals surface area contributed by atoms with Gasteiger partial charge in [-0.25, -0.2) is 14.8 Å². The topological polar surface area (TPSA) is 104 Å². The molecule has 146 valence electrons. The summed E-state index contributed by atoms with van der Waals surface area (Å²) in [4.78, 5) is 32.7. The molecule has 0 fully saturated rings. The van der Waals surface area contributed by atoms with Crippen LogP contribution in [0.2, 0.25) is 5.02 Å². The van der Waals surface area contributed by atoms with Gasteiger partial charge in [0.15, 0.2) is 0 Å². The van der Waals surface area contributed by atoms with Crippen molar-refractivity contribution in [2.45, 2.75) is 18.9 Å². The average Bonchev–Trinajstić information content (AvgIpc) is 2.82. The van der Waals surface area contributed by atoms with Crippen LogP contribution in [-0.2, 0) is 22.4 Å². The van der Waals surface area contributed by atoms with Crippen LogP contribution >= 0.6 is 11.6 Å². The van der Waals surface area contributed by atoms with Crippen molar-refractivity contribution in [3.63, 3.8) is 0 Å². The Morgan fingerprint density at radius 1 is 1.24 bits per heavy atom. The van der Waals surface area contributed by atoms with Crippen LogP contribution < -0.4 is 10.6 Å². The van der Waals surface area contributed by atoms with Crippen molar-refractivity contribution in [1.29, 1.82) is 0 Å². The van der Waals surface area contributed by atoms with Gasteiger partial charge in [0.05, 0.1) is 17.8 Å². The van der Waals surface area contributed by atoms with E-state index in [4.69, 9.17) is 11.6 Å². The number of nitrogens with zero attached hydrogens (tertiary/aromatic N) is 2. The lowest BCUT2D eigenvalue weighted by molar-refractivity contribution is -0.137. The van der Waals surface area contributed by atoms with Crippen molar-refractivity contribution in [2.75, 3.05) is 10.6 Å². The van der Waals surface area contributed by atoms with Gasteiger partial charge in [-0.1, -0.05) is 41.9 Å². The number of carboxylic acid groups (broad SMARTS) is 1. The van der Waals surface area contributed by atoms with Crippen LogP contribution in [0.5, 0.6) is 0 Å². The van der Waals surface area contributed by atoms with Crippen molar-refractivity contribution in [2.24, 2.45) is 0 Å². The number of aromatic nitrogens is 2. The SMILES string of the molecule is O=C1Cc2cnc(N[C@H](Cc3ccccc3)C(=O)O)nc2-c2ccc(Cl)cc2N1. The third-order valence-corrected chi connectivity index (χ3v) is 4.85. The number of fused-ring (bicyclic) bond motifs is 3. The molecule has 8 heteroatoms. The summed E-state index contributed by atoms with van der Waals surface area (Å²) in [5, 5.41) is 15.8. The Bertz CT molecular complexity index is 1090. The zero-order valence-corrected chi connectivity index (χ0v) is 16.0. The highest BCUT2D eigenvalue weighted by molar-refractivity contribution is 6.31. The maximum atomic E-state index is 12.2. The van der Waals surface area contributed by atoms with Gasteiger partial charge in [-0.15, -0.1) is 0 Å². The van der Waals surface area contributed by atoms with Crippen LogP contribution in [0.4, 0.5) is 11.6 Å². The van der Waals surface area contributed by atoms with Crippen LogP contribution in [0.1, 0.15) is 11.1 Å². The molecule has 1 atom stereocenters. The van der Waals surface area contributed by atoms with Crippen LogP contribution in [0.3, 0.4) is 0 Å². The summed E-state index contributed by atoms with van der Waals surface area (Å²) in [6.45, 7) is 0. The van der Waals surface area contributed by atoms with E-state index >= 15 is 0 Å². The molecule has 1 aliphatic rings. The molecule has 3 N–H and O–H groups in total. The Hall–Kier alpha value is -3.45. The Balaban J connectivity index is 1.68. The van der Waals surface area contributed by atoms with E-state index in [1.54, 1.807) is 24.4 Å². The first-order valence-corrected chi connectivity index (χ1v) is 9.36. The lowest BCUT2D eigenvalue weighted by atomic mass is 10.0. The summed E-state index contributed by atoms with van der Waals surface area (Å²) >= 11 is 6.06. The number of hydrogen-bond donors (Lipinski definition) is 3. The molecule has 29 heavy (non-hydrogen) atoms. The highest BCUT2D eigenvalue weighted by atomic mass is 35.5. The quantitative estimate of drug-likeness (QED) is 0.597. The van der Waals surface area contributed by atoms with Gasteiger partial charge in [-0.05, 0) is 23.8 Å². The number of benzene rings is 2. The first-order valence-electron chi connectivity index (χ1n) is 8.98. The van der Waals surface area contributed by atoms with Crippen molar-refractivity contribution < 1.29 is 14.7 Å². The van der Waals surface area contributed by atoms with Crippen LogP contribution in [0.15, 0.2) is 54.7 Å². The molecule has 4 rings (SSSR count). The van der Waals surface area contributed by atoms with Crippen LogP contribution in [0.25, 0.3) is 11.3 Å². The Labute approximate surface area is 171 Å². The Morgan fingerprint density at radius 2 is 2.03 bits per heavy atom. The average molecular weight is 409 g/mol. The highest BCUT2D eigenvalue weighted by Crippen LogP contribution is 2.34. The molecule has 2 heterocycles. The molecular formula is C21H17ClN4O3. The number of anilines is 2. The van der Waals surface area contributed by atoms with Gasteiger partial charge in [-0.3, -0.25) is 4.79 Å². The maximum Gasteiger partial charge on any atom is 0.326 e. The van der Waals surface area contributed by atoms with Gasteiger partial charge in [0.2, 0.25) is 11.9 Å². The Morgan fingerprint density at radius 3 is 2.79 bits per heavy atom. The molecule has 1 aliphatic heterocycles.